The van der Waals surface area contributed by atoms with Crippen molar-refractivity contribution in [2.45, 2.75) is 53.0 Å². The predicted molar refractivity (Wildman–Crippen MR) is 123 cm³/mol. The van der Waals surface area contributed by atoms with E-state index in [-0.39, 0.29) is 11.8 Å². The minimum atomic E-state index is -0.145. The Morgan fingerprint density at radius 1 is 1.23 bits per heavy atom. The summed E-state index contributed by atoms with van der Waals surface area (Å²) in [5, 5.41) is 6.75. The van der Waals surface area contributed by atoms with Crippen molar-refractivity contribution in [2.75, 3.05) is 39.3 Å². The maximum Gasteiger partial charge on any atom is 0.220 e. The van der Waals surface area contributed by atoms with Crippen LogP contribution in [0.5, 0.6) is 5.75 Å². The van der Waals surface area contributed by atoms with Crippen LogP contribution in [0.4, 0.5) is 0 Å². The van der Waals surface area contributed by atoms with E-state index in [0.717, 1.165) is 75.7 Å². The number of piperidine rings is 1. The number of nitrogens with zero attached hydrogens (tertiary/aromatic N) is 2. The molecular formula is C23H39N5O2. The number of unbranched alkanes of at least 4 members (excludes halogenated alkanes) is 1. The predicted octanol–water partition coefficient (Wildman–Crippen LogP) is 2.43. The fourth-order valence-corrected chi connectivity index (χ4v) is 3.70. The lowest BCUT2D eigenvalue weighted by molar-refractivity contribution is -0.123. The van der Waals surface area contributed by atoms with Crippen LogP contribution in [0.3, 0.4) is 0 Å². The number of aliphatic imine (C=N–C) groups is 1. The average Bonchev–Trinajstić information content (AvgIpc) is 2.73. The highest BCUT2D eigenvalue weighted by Gasteiger charge is 2.22. The summed E-state index contributed by atoms with van der Waals surface area (Å²) in [4.78, 5) is 18.4. The first-order valence-corrected chi connectivity index (χ1v) is 11.3. The molecule has 1 aromatic carbocycles. The molecule has 0 spiro atoms. The number of ether oxygens (including phenoxy) is 1. The van der Waals surface area contributed by atoms with Gasteiger partial charge in [0, 0.05) is 24.6 Å². The molecule has 0 unspecified atom stereocenters. The number of primary amides is 1. The molecule has 2 rings (SSSR count). The van der Waals surface area contributed by atoms with Gasteiger partial charge in [-0.05, 0) is 77.7 Å². The van der Waals surface area contributed by atoms with Crippen molar-refractivity contribution in [3.63, 3.8) is 0 Å². The lowest BCUT2D eigenvalue weighted by atomic mass is 9.96. The monoisotopic (exact) mass is 417 g/mol. The molecule has 4 N–H and O–H groups in total. The van der Waals surface area contributed by atoms with Crippen LogP contribution in [-0.2, 0) is 11.3 Å². The number of aryl methyl sites for hydroxylation is 1. The number of likely N-dealkylation sites (tertiary alicyclic amines) is 1. The maximum atomic E-state index is 11.3. The number of rotatable bonds is 11. The molecule has 7 heteroatoms. The zero-order chi connectivity index (χ0) is 21.8. The number of hydrogen-bond acceptors (Lipinski definition) is 4. The Bertz CT molecular complexity index is 684. The normalized spacial score (nSPS) is 15.8. The minimum Gasteiger partial charge on any atom is -0.494 e. The van der Waals surface area contributed by atoms with Crippen molar-refractivity contribution in [2.24, 2.45) is 16.6 Å². The fourth-order valence-electron chi connectivity index (χ4n) is 3.70. The van der Waals surface area contributed by atoms with E-state index in [1.807, 2.05) is 6.92 Å². The lowest BCUT2D eigenvalue weighted by Gasteiger charge is -2.30. The van der Waals surface area contributed by atoms with E-state index in [4.69, 9.17) is 15.5 Å². The first kappa shape index (κ1) is 24.0. The third-order valence-corrected chi connectivity index (χ3v) is 5.46. The summed E-state index contributed by atoms with van der Waals surface area (Å²) >= 11 is 0. The summed E-state index contributed by atoms with van der Waals surface area (Å²) in [6.45, 7) is 12.1. The first-order valence-electron chi connectivity index (χ1n) is 11.3. The summed E-state index contributed by atoms with van der Waals surface area (Å²) in [6, 6.07) is 6.26. The van der Waals surface area contributed by atoms with Crippen LogP contribution < -0.4 is 21.1 Å². The highest BCUT2D eigenvalue weighted by atomic mass is 16.5. The number of carbonyl (C=O) groups excluding carboxylic acids is 1. The topological polar surface area (TPSA) is 92.0 Å². The SMILES string of the molecule is CCNC(=NCc1ccc(C)cc1OCC)NCCCCN1CCC(C(N)=O)CC1. The summed E-state index contributed by atoms with van der Waals surface area (Å²) in [5.41, 5.74) is 7.69. The lowest BCUT2D eigenvalue weighted by Crippen LogP contribution is -2.39. The highest BCUT2D eigenvalue weighted by molar-refractivity contribution is 5.79. The number of nitrogens with one attached hydrogen (secondary N) is 2. The number of benzene rings is 1. The molecule has 30 heavy (non-hydrogen) atoms. The van der Waals surface area contributed by atoms with Gasteiger partial charge in [-0.3, -0.25) is 4.79 Å². The molecule has 0 radical (unpaired) electrons. The quantitative estimate of drug-likeness (QED) is 0.292. The van der Waals surface area contributed by atoms with Gasteiger partial charge in [0.05, 0.1) is 13.2 Å². The van der Waals surface area contributed by atoms with Crippen molar-refractivity contribution in [1.82, 2.24) is 15.5 Å². The van der Waals surface area contributed by atoms with Crippen molar-refractivity contribution in [1.29, 1.82) is 0 Å². The third-order valence-electron chi connectivity index (χ3n) is 5.46. The Balaban J connectivity index is 1.73. The van der Waals surface area contributed by atoms with Gasteiger partial charge in [0.1, 0.15) is 5.75 Å². The van der Waals surface area contributed by atoms with Gasteiger partial charge in [-0.15, -0.1) is 0 Å². The Hall–Kier alpha value is -2.28. The first-order chi connectivity index (χ1) is 14.5. The van der Waals surface area contributed by atoms with E-state index >= 15 is 0 Å². The van der Waals surface area contributed by atoms with Crippen molar-refractivity contribution >= 4 is 11.9 Å². The Kier molecular flexibility index (Phi) is 10.5. The minimum absolute atomic E-state index is 0.0681. The molecule has 0 saturated carbocycles. The molecule has 168 valence electrons. The largest absolute Gasteiger partial charge is 0.494 e. The Morgan fingerprint density at radius 2 is 2.00 bits per heavy atom. The van der Waals surface area contributed by atoms with Gasteiger partial charge in [0.2, 0.25) is 5.91 Å². The van der Waals surface area contributed by atoms with E-state index in [2.05, 4.69) is 47.6 Å². The zero-order valence-electron chi connectivity index (χ0n) is 18.9. The molecule has 0 atom stereocenters. The summed E-state index contributed by atoms with van der Waals surface area (Å²) in [6.07, 6.45) is 4.00. The number of hydrogen-bond donors (Lipinski definition) is 3. The van der Waals surface area contributed by atoms with Gasteiger partial charge >= 0.3 is 0 Å². The Labute approximate surface area is 181 Å². The van der Waals surface area contributed by atoms with Gasteiger partial charge < -0.3 is 26.0 Å². The summed E-state index contributed by atoms with van der Waals surface area (Å²) in [5.74, 6) is 1.67. The van der Waals surface area contributed by atoms with E-state index in [1.165, 1.54) is 5.56 Å². The molecule has 1 heterocycles. The van der Waals surface area contributed by atoms with Crippen LogP contribution in [0.25, 0.3) is 0 Å². The second kappa shape index (κ2) is 13.1. The molecule has 1 aromatic rings. The summed E-state index contributed by atoms with van der Waals surface area (Å²) < 4.78 is 5.76. The average molecular weight is 418 g/mol. The van der Waals surface area contributed by atoms with Crippen LogP contribution in [-0.4, -0.2) is 56.1 Å². The standard InChI is InChI=1S/C23H39N5O2/c1-4-25-23(27-17-20-9-8-18(3)16-21(20)30-5-2)26-12-6-7-13-28-14-10-19(11-15-28)22(24)29/h8-9,16,19H,4-7,10-15,17H2,1-3H3,(H2,24,29)(H2,25,26,27). The number of nitrogens with two attached hydrogens (primary N) is 1. The van der Waals surface area contributed by atoms with Gasteiger partial charge in [0.15, 0.2) is 5.96 Å². The molecule has 1 aliphatic rings. The van der Waals surface area contributed by atoms with E-state index in [9.17, 15) is 4.79 Å². The molecule has 1 amide bonds. The van der Waals surface area contributed by atoms with Gasteiger partial charge in [-0.25, -0.2) is 4.99 Å². The number of guanidine groups is 1. The third kappa shape index (κ3) is 8.22. The zero-order valence-corrected chi connectivity index (χ0v) is 18.9. The van der Waals surface area contributed by atoms with Crippen LogP contribution >= 0.6 is 0 Å². The van der Waals surface area contributed by atoms with Crippen molar-refractivity contribution in [3.8, 4) is 5.75 Å². The van der Waals surface area contributed by atoms with Gasteiger partial charge in [-0.2, -0.15) is 0 Å². The molecule has 0 bridgehead atoms. The molecule has 1 saturated heterocycles. The highest BCUT2D eigenvalue weighted by Crippen LogP contribution is 2.21. The number of amides is 1. The second-order valence-electron chi connectivity index (χ2n) is 7.89. The fraction of sp³-hybridized carbons (Fsp3) is 0.652. The van der Waals surface area contributed by atoms with Gasteiger partial charge in [0.25, 0.3) is 0 Å². The van der Waals surface area contributed by atoms with Crippen LogP contribution in [0.2, 0.25) is 0 Å². The van der Waals surface area contributed by atoms with Crippen LogP contribution in [0, 0.1) is 12.8 Å². The molecule has 1 fully saturated rings. The Morgan fingerprint density at radius 3 is 2.67 bits per heavy atom. The van der Waals surface area contributed by atoms with E-state index in [1.54, 1.807) is 0 Å². The van der Waals surface area contributed by atoms with Crippen molar-refractivity contribution < 1.29 is 9.53 Å². The van der Waals surface area contributed by atoms with E-state index in [0.29, 0.717) is 13.2 Å². The molecule has 7 nitrogen and oxygen atoms in total. The summed E-state index contributed by atoms with van der Waals surface area (Å²) in [7, 11) is 0. The van der Waals surface area contributed by atoms with E-state index < -0.39 is 0 Å². The molecular weight excluding hydrogens is 378 g/mol. The second-order valence-corrected chi connectivity index (χ2v) is 7.89. The van der Waals surface area contributed by atoms with Gasteiger partial charge in [-0.1, -0.05) is 12.1 Å². The molecule has 1 aliphatic heterocycles. The molecule has 0 aromatic heterocycles. The number of carbonyl (C=O) groups is 1. The maximum absolute atomic E-state index is 11.3. The van der Waals surface area contributed by atoms with Crippen molar-refractivity contribution in [3.05, 3.63) is 29.3 Å². The molecule has 0 aliphatic carbocycles. The van der Waals surface area contributed by atoms with Crippen LogP contribution in [0.1, 0.15) is 50.7 Å². The van der Waals surface area contributed by atoms with Crippen LogP contribution in [0.15, 0.2) is 23.2 Å². The smallest absolute Gasteiger partial charge is 0.220 e.